The number of aliphatic hydroxyl groups is 2. The van der Waals surface area contributed by atoms with Gasteiger partial charge in [-0.2, -0.15) is 12.6 Å². The van der Waals surface area contributed by atoms with E-state index < -0.39 is 11.0 Å². The molecule has 5 nitrogen and oxygen atoms in total. The summed E-state index contributed by atoms with van der Waals surface area (Å²) in [4.78, 5) is 9.76. The first-order chi connectivity index (χ1) is 7.51. The van der Waals surface area contributed by atoms with Gasteiger partial charge in [-0.1, -0.05) is 12.1 Å². The minimum absolute atomic E-state index is 0.153. The summed E-state index contributed by atoms with van der Waals surface area (Å²) < 4.78 is 0. The molecule has 16 heavy (non-hydrogen) atoms. The Kier molecular flexibility index (Phi) is 7.53. The van der Waals surface area contributed by atoms with Gasteiger partial charge in [0, 0.05) is 17.9 Å². The van der Waals surface area contributed by atoms with Gasteiger partial charge in [0.2, 0.25) is 0 Å². The quantitative estimate of drug-likeness (QED) is 0.424. The van der Waals surface area contributed by atoms with Crippen LogP contribution in [0.4, 0.5) is 5.69 Å². The van der Waals surface area contributed by atoms with Crippen LogP contribution in [0.15, 0.2) is 24.3 Å². The van der Waals surface area contributed by atoms with Crippen LogP contribution in [0, 0.1) is 17.0 Å². The molecule has 6 heteroatoms. The third-order valence-corrected chi connectivity index (χ3v) is 2.06. The fraction of sp³-hybridized carbons (Fsp3) is 0.400. The van der Waals surface area contributed by atoms with Crippen molar-refractivity contribution in [3.8, 4) is 0 Å². The SMILES string of the molecule is Cc1cccc([N+](=O)[O-])c1.OCC(O)CS. The maximum absolute atomic E-state index is 10.2. The third-order valence-electron chi connectivity index (χ3n) is 1.63. The maximum Gasteiger partial charge on any atom is 0.269 e. The number of benzene rings is 1. The molecule has 0 saturated heterocycles. The molecule has 0 aliphatic carbocycles. The van der Waals surface area contributed by atoms with Gasteiger partial charge in [-0.3, -0.25) is 10.1 Å². The van der Waals surface area contributed by atoms with Crippen molar-refractivity contribution in [3.63, 3.8) is 0 Å². The minimum Gasteiger partial charge on any atom is -0.394 e. The van der Waals surface area contributed by atoms with Crippen molar-refractivity contribution >= 4 is 18.3 Å². The summed E-state index contributed by atoms with van der Waals surface area (Å²) in [5, 5.41) is 26.5. The molecule has 0 aliphatic heterocycles. The molecule has 1 aromatic carbocycles. The zero-order valence-corrected chi connectivity index (χ0v) is 9.80. The lowest BCUT2D eigenvalue weighted by molar-refractivity contribution is -0.384. The molecule has 1 rings (SSSR count). The van der Waals surface area contributed by atoms with E-state index >= 15 is 0 Å². The highest BCUT2D eigenvalue weighted by atomic mass is 32.1. The molecule has 2 N–H and O–H groups in total. The van der Waals surface area contributed by atoms with Crippen molar-refractivity contribution in [1.29, 1.82) is 0 Å². The molecule has 0 spiro atoms. The second-order valence-corrected chi connectivity index (χ2v) is 3.48. The number of thiol groups is 1. The second kappa shape index (κ2) is 8.09. The van der Waals surface area contributed by atoms with Gasteiger partial charge in [0.25, 0.3) is 5.69 Å². The van der Waals surface area contributed by atoms with Crippen LogP contribution < -0.4 is 0 Å². The first kappa shape index (κ1) is 14.9. The molecule has 0 heterocycles. The number of nitrogens with zero attached hydrogens (tertiary/aromatic N) is 1. The van der Waals surface area contributed by atoms with Crippen LogP contribution in [-0.4, -0.2) is 33.6 Å². The van der Waals surface area contributed by atoms with Gasteiger partial charge in [0.1, 0.15) is 0 Å². The Morgan fingerprint density at radius 2 is 2.19 bits per heavy atom. The van der Waals surface area contributed by atoms with Crippen molar-refractivity contribution in [2.24, 2.45) is 0 Å². The van der Waals surface area contributed by atoms with Gasteiger partial charge in [-0.15, -0.1) is 0 Å². The van der Waals surface area contributed by atoms with Crippen LogP contribution >= 0.6 is 12.6 Å². The smallest absolute Gasteiger partial charge is 0.269 e. The van der Waals surface area contributed by atoms with E-state index in [0.717, 1.165) is 5.56 Å². The van der Waals surface area contributed by atoms with E-state index in [9.17, 15) is 10.1 Å². The molecule has 90 valence electrons. The zero-order chi connectivity index (χ0) is 12.6. The lowest BCUT2D eigenvalue weighted by Crippen LogP contribution is -2.12. The highest BCUT2D eigenvalue weighted by Crippen LogP contribution is 2.11. The van der Waals surface area contributed by atoms with Gasteiger partial charge in [-0.25, -0.2) is 0 Å². The van der Waals surface area contributed by atoms with Gasteiger partial charge >= 0.3 is 0 Å². The van der Waals surface area contributed by atoms with E-state index in [1.54, 1.807) is 12.1 Å². The van der Waals surface area contributed by atoms with Gasteiger partial charge < -0.3 is 10.2 Å². The minimum atomic E-state index is -0.645. The molecule has 0 aromatic heterocycles. The Balaban J connectivity index is 0.000000325. The van der Waals surface area contributed by atoms with E-state index in [0.29, 0.717) is 5.75 Å². The van der Waals surface area contributed by atoms with Gasteiger partial charge in [-0.05, 0) is 12.5 Å². The molecule has 1 unspecified atom stereocenters. The Morgan fingerprint density at radius 1 is 1.56 bits per heavy atom. The number of hydrogen-bond acceptors (Lipinski definition) is 5. The Hall–Kier alpha value is -1.11. The van der Waals surface area contributed by atoms with Crippen LogP contribution in [0.5, 0.6) is 0 Å². The van der Waals surface area contributed by atoms with E-state index in [1.807, 2.05) is 13.0 Å². The molecule has 0 radical (unpaired) electrons. The summed E-state index contributed by atoms with van der Waals surface area (Å²) in [6, 6.07) is 6.52. The van der Waals surface area contributed by atoms with Gasteiger partial charge in [0.05, 0.1) is 17.6 Å². The number of non-ortho nitro benzene ring substituents is 1. The highest BCUT2D eigenvalue weighted by Gasteiger charge is 2.01. The molecule has 0 amide bonds. The molecule has 1 atom stereocenters. The predicted octanol–water partition coefficient (Wildman–Crippen LogP) is 1.17. The fourth-order valence-corrected chi connectivity index (χ4v) is 0.915. The van der Waals surface area contributed by atoms with Crippen LogP contribution in [0.1, 0.15) is 5.56 Å². The Bertz CT molecular complexity index is 328. The summed E-state index contributed by atoms with van der Waals surface area (Å²) in [7, 11) is 0. The van der Waals surface area contributed by atoms with Crippen molar-refractivity contribution in [3.05, 3.63) is 39.9 Å². The van der Waals surface area contributed by atoms with E-state index in [1.165, 1.54) is 6.07 Å². The van der Waals surface area contributed by atoms with E-state index in [4.69, 9.17) is 10.2 Å². The first-order valence-electron chi connectivity index (χ1n) is 4.62. The Morgan fingerprint density at radius 3 is 2.44 bits per heavy atom. The average Bonchev–Trinajstić information content (AvgIpc) is 2.28. The van der Waals surface area contributed by atoms with E-state index in [-0.39, 0.29) is 12.3 Å². The summed E-state index contributed by atoms with van der Waals surface area (Å²) in [6.07, 6.45) is -0.645. The number of aliphatic hydroxyl groups excluding tert-OH is 2. The number of hydrogen-bond donors (Lipinski definition) is 3. The van der Waals surface area contributed by atoms with Crippen molar-refractivity contribution in [2.45, 2.75) is 13.0 Å². The number of nitro groups is 1. The zero-order valence-electron chi connectivity index (χ0n) is 8.91. The fourth-order valence-electron chi connectivity index (χ4n) is 0.799. The van der Waals surface area contributed by atoms with E-state index in [2.05, 4.69) is 12.6 Å². The molecular formula is C10H15NO4S. The average molecular weight is 245 g/mol. The van der Waals surface area contributed by atoms with Crippen LogP contribution in [-0.2, 0) is 0 Å². The molecule has 0 aliphatic rings. The number of nitro benzene ring substituents is 1. The Labute approximate surface area is 99.3 Å². The van der Waals surface area contributed by atoms with Crippen LogP contribution in [0.25, 0.3) is 0 Å². The number of aryl methyl sites for hydroxylation is 1. The van der Waals surface area contributed by atoms with Crippen molar-refractivity contribution in [2.75, 3.05) is 12.4 Å². The standard InChI is InChI=1S/C7H7NO2.C3H8O2S/c1-6-3-2-4-7(5-6)8(9)10;4-1-3(5)2-6/h2-5H,1H3;3-6H,1-2H2. The lowest BCUT2D eigenvalue weighted by Gasteiger charge is -1.96. The normalized spacial score (nSPS) is 11.2. The molecule has 0 saturated carbocycles. The first-order valence-corrected chi connectivity index (χ1v) is 5.25. The predicted molar refractivity (Wildman–Crippen MR) is 64.8 cm³/mol. The maximum atomic E-state index is 10.2. The summed E-state index contributed by atoms with van der Waals surface area (Å²) in [5.74, 6) is 0.330. The van der Waals surface area contributed by atoms with Gasteiger partial charge in [0.15, 0.2) is 0 Å². The molecule has 1 aromatic rings. The van der Waals surface area contributed by atoms with Crippen molar-refractivity contribution < 1.29 is 15.1 Å². The summed E-state index contributed by atoms with van der Waals surface area (Å²) in [6.45, 7) is 1.64. The van der Waals surface area contributed by atoms with Crippen LogP contribution in [0.2, 0.25) is 0 Å². The largest absolute Gasteiger partial charge is 0.394 e. The molecule has 0 bridgehead atoms. The second-order valence-electron chi connectivity index (χ2n) is 3.12. The topological polar surface area (TPSA) is 83.6 Å². The summed E-state index contributed by atoms with van der Waals surface area (Å²) in [5.41, 5.74) is 1.06. The molecule has 0 fully saturated rings. The van der Waals surface area contributed by atoms with Crippen LogP contribution in [0.3, 0.4) is 0 Å². The van der Waals surface area contributed by atoms with Crippen molar-refractivity contribution in [1.82, 2.24) is 0 Å². The monoisotopic (exact) mass is 245 g/mol. The molecular weight excluding hydrogens is 230 g/mol. The third kappa shape index (κ3) is 6.39. The lowest BCUT2D eigenvalue weighted by atomic mass is 10.2. The summed E-state index contributed by atoms with van der Waals surface area (Å²) >= 11 is 3.69. The number of rotatable bonds is 3. The highest BCUT2D eigenvalue weighted by molar-refractivity contribution is 7.80.